The van der Waals surface area contributed by atoms with Crippen LogP contribution < -0.4 is 11.1 Å². The van der Waals surface area contributed by atoms with Crippen LogP contribution in [-0.2, 0) is 9.59 Å². The molecule has 0 spiro atoms. The Labute approximate surface area is 88.5 Å². The lowest BCUT2D eigenvalue weighted by molar-refractivity contribution is -0.166. The Morgan fingerprint density at radius 2 is 2.00 bits per heavy atom. The summed E-state index contributed by atoms with van der Waals surface area (Å²) in [6.07, 6.45) is 2.22. The lowest BCUT2D eigenvalue weighted by Gasteiger charge is -2.24. The molecule has 1 amide bonds. The number of amides is 1. The number of aliphatic carboxylic acids is 1. The van der Waals surface area contributed by atoms with E-state index in [1.54, 1.807) is 0 Å². The van der Waals surface area contributed by atoms with Crippen molar-refractivity contribution in [2.75, 3.05) is 6.54 Å². The van der Waals surface area contributed by atoms with Crippen LogP contribution in [0.2, 0.25) is 0 Å². The standard InChI is InChI=1S/C9H18N2O4/c1-2-3-4-5-9(15,8(13)14)11-7(12)6-10/h15H,2-6,10H2,1H3,(H,11,12)(H,13,14). The Morgan fingerprint density at radius 3 is 2.40 bits per heavy atom. The highest BCUT2D eigenvalue weighted by Gasteiger charge is 2.36. The third-order valence-corrected chi connectivity index (χ3v) is 2.03. The molecular formula is C9H18N2O4. The minimum absolute atomic E-state index is 0.0120. The van der Waals surface area contributed by atoms with E-state index >= 15 is 0 Å². The molecular weight excluding hydrogens is 200 g/mol. The van der Waals surface area contributed by atoms with Crippen LogP contribution in [0.25, 0.3) is 0 Å². The largest absolute Gasteiger partial charge is 0.478 e. The van der Waals surface area contributed by atoms with Crippen LogP contribution in [0.4, 0.5) is 0 Å². The number of carbonyl (C=O) groups is 2. The molecule has 6 heteroatoms. The fraction of sp³-hybridized carbons (Fsp3) is 0.778. The molecule has 0 aromatic carbocycles. The van der Waals surface area contributed by atoms with E-state index in [1.807, 2.05) is 12.2 Å². The highest BCUT2D eigenvalue weighted by Crippen LogP contribution is 2.12. The SMILES string of the molecule is CCCCCC(O)(NC(=O)CN)C(=O)O. The first-order chi connectivity index (χ1) is 6.96. The van der Waals surface area contributed by atoms with Gasteiger partial charge in [-0.3, -0.25) is 4.79 Å². The van der Waals surface area contributed by atoms with Crippen LogP contribution in [0.5, 0.6) is 0 Å². The Kier molecular flexibility index (Phi) is 5.88. The normalized spacial score (nSPS) is 14.3. The molecule has 0 saturated carbocycles. The number of hydrogen-bond acceptors (Lipinski definition) is 4. The van der Waals surface area contributed by atoms with Gasteiger partial charge in [-0.15, -0.1) is 0 Å². The van der Waals surface area contributed by atoms with Crippen molar-refractivity contribution in [3.8, 4) is 0 Å². The summed E-state index contributed by atoms with van der Waals surface area (Å²) in [4.78, 5) is 21.7. The average Bonchev–Trinajstić information content (AvgIpc) is 2.17. The summed E-state index contributed by atoms with van der Waals surface area (Å²) in [6, 6.07) is 0. The first-order valence-corrected chi connectivity index (χ1v) is 4.93. The number of hydrogen-bond donors (Lipinski definition) is 4. The van der Waals surface area contributed by atoms with Gasteiger partial charge in [0.25, 0.3) is 0 Å². The Morgan fingerprint density at radius 1 is 1.40 bits per heavy atom. The summed E-state index contributed by atoms with van der Waals surface area (Å²) in [6.45, 7) is 1.61. The van der Waals surface area contributed by atoms with Gasteiger partial charge in [-0.05, 0) is 6.42 Å². The maximum absolute atomic E-state index is 10.9. The monoisotopic (exact) mass is 218 g/mol. The second-order valence-corrected chi connectivity index (χ2v) is 3.37. The van der Waals surface area contributed by atoms with Crippen LogP contribution in [0.3, 0.4) is 0 Å². The van der Waals surface area contributed by atoms with E-state index in [0.29, 0.717) is 6.42 Å². The van der Waals surface area contributed by atoms with Crippen LogP contribution in [0.15, 0.2) is 0 Å². The van der Waals surface area contributed by atoms with Gasteiger partial charge in [0.2, 0.25) is 11.6 Å². The van der Waals surface area contributed by atoms with Gasteiger partial charge in [-0.2, -0.15) is 0 Å². The molecule has 0 aliphatic carbocycles. The van der Waals surface area contributed by atoms with E-state index in [1.165, 1.54) is 0 Å². The minimum Gasteiger partial charge on any atom is -0.478 e. The Bertz CT molecular complexity index is 232. The van der Waals surface area contributed by atoms with Gasteiger partial charge in [0.05, 0.1) is 6.54 Å². The molecule has 0 aliphatic heterocycles. The summed E-state index contributed by atoms with van der Waals surface area (Å²) in [5, 5.41) is 20.4. The number of carboxylic acids is 1. The first kappa shape index (κ1) is 13.9. The molecule has 0 rings (SSSR count). The lowest BCUT2D eigenvalue weighted by atomic mass is 10.0. The van der Waals surface area contributed by atoms with Crippen molar-refractivity contribution in [1.29, 1.82) is 0 Å². The topological polar surface area (TPSA) is 113 Å². The molecule has 0 bridgehead atoms. The molecule has 0 aromatic rings. The molecule has 0 radical (unpaired) electrons. The molecule has 0 aliphatic rings. The van der Waals surface area contributed by atoms with Crippen molar-refractivity contribution in [3.05, 3.63) is 0 Å². The van der Waals surface area contributed by atoms with Gasteiger partial charge in [0.15, 0.2) is 0 Å². The van der Waals surface area contributed by atoms with E-state index < -0.39 is 17.6 Å². The summed E-state index contributed by atoms with van der Waals surface area (Å²) >= 11 is 0. The first-order valence-electron chi connectivity index (χ1n) is 4.93. The van der Waals surface area contributed by atoms with E-state index in [4.69, 9.17) is 10.8 Å². The van der Waals surface area contributed by atoms with Crippen molar-refractivity contribution in [2.24, 2.45) is 5.73 Å². The number of unbranched alkanes of at least 4 members (excludes halogenated alkanes) is 2. The zero-order valence-electron chi connectivity index (χ0n) is 8.82. The summed E-state index contributed by atoms with van der Waals surface area (Å²) in [5.74, 6) is -2.14. The fourth-order valence-electron chi connectivity index (χ4n) is 1.14. The zero-order valence-corrected chi connectivity index (χ0v) is 8.82. The van der Waals surface area contributed by atoms with Crippen molar-refractivity contribution in [3.63, 3.8) is 0 Å². The van der Waals surface area contributed by atoms with E-state index in [2.05, 4.69) is 0 Å². The van der Waals surface area contributed by atoms with E-state index in [9.17, 15) is 14.7 Å². The third-order valence-electron chi connectivity index (χ3n) is 2.03. The number of nitrogens with one attached hydrogen (secondary N) is 1. The lowest BCUT2D eigenvalue weighted by Crippen LogP contribution is -2.55. The second kappa shape index (κ2) is 6.36. The fourth-order valence-corrected chi connectivity index (χ4v) is 1.14. The number of rotatable bonds is 7. The van der Waals surface area contributed by atoms with Crippen molar-refractivity contribution in [2.45, 2.75) is 38.3 Å². The van der Waals surface area contributed by atoms with Gasteiger partial charge in [-0.1, -0.05) is 19.8 Å². The quantitative estimate of drug-likeness (QED) is 0.337. The van der Waals surface area contributed by atoms with Gasteiger partial charge in [0, 0.05) is 6.42 Å². The van der Waals surface area contributed by atoms with Crippen LogP contribution in [0, 0.1) is 0 Å². The highest BCUT2D eigenvalue weighted by atomic mass is 16.4. The molecule has 5 N–H and O–H groups in total. The number of carbonyl (C=O) groups excluding carboxylic acids is 1. The van der Waals surface area contributed by atoms with Gasteiger partial charge in [-0.25, -0.2) is 4.79 Å². The Hall–Kier alpha value is -1.14. The molecule has 88 valence electrons. The second-order valence-electron chi connectivity index (χ2n) is 3.37. The molecule has 0 saturated heterocycles. The van der Waals surface area contributed by atoms with E-state index in [0.717, 1.165) is 12.8 Å². The van der Waals surface area contributed by atoms with Crippen molar-refractivity contribution in [1.82, 2.24) is 5.32 Å². The number of nitrogens with two attached hydrogens (primary N) is 1. The maximum atomic E-state index is 10.9. The average molecular weight is 218 g/mol. The number of aliphatic hydroxyl groups is 1. The molecule has 0 heterocycles. The molecule has 6 nitrogen and oxygen atoms in total. The van der Waals surface area contributed by atoms with Crippen molar-refractivity contribution >= 4 is 11.9 Å². The van der Waals surface area contributed by atoms with Gasteiger partial charge < -0.3 is 21.3 Å². The number of carboxylic acid groups (broad SMARTS) is 1. The predicted molar refractivity (Wildman–Crippen MR) is 53.9 cm³/mol. The van der Waals surface area contributed by atoms with Gasteiger partial charge in [0.1, 0.15) is 0 Å². The molecule has 15 heavy (non-hydrogen) atoms. The summed E-state index contributed by atoms with van der Waals surface area (Å²) in [7, 11) is 0. The summed E-state index contributed by atoms with van der Waals surface area (Å²) in [5.41, 5.74) is 2.83. The molecule has 0 aromatic heterocycles. The third kappa shape index (κ3) is 4.75. The summed E-state index contributed by atoms with van der Waals surface area (Å²) < 4.78 is 0. The van der Waals surface area contributed by atoms with Crippen molar-refractivity contribution < 1.29 is 19.8 Å². The van der Waals surface area contributed by atoms with E-state index in [-0.39, 0.29) is 13.0 Å². The van der Waals surface area contributed by atoms with Crippen LogP contribution >= 0.6 is 0 Å². The van der Waals surface area contributed by atoms with Crippen LogP contribution in [0.1, 0.15) is 32.6 Å². The molecule has 1 atom stereocenters. The van der Waals surface area contributed by atoms with Crippen LogP contribution in [-0.4, -0.2) is 34.4 Å². The minimum atomic E-state index is -2.19. The molecule has 1 unspecified atom stereocenters. The Balaban J connectivity index is 4.32. The predicted octanol–water partition coefficient (Wildman–Crippen LogP) is -0.585. The maximum Gasteiger partial charge on any atom is 0.357 e. The smallest absolute Gasteiger partial charge is 0.357 e. The molecule has 0 fully saturated rings. The zero-order chi connectivity index (χ0) is 11.9. The highest BCUT2D eigenvalue weighted by molar-refractivity contribution is 5.86. The van der Waals surface area contributed by atoms with Gasteiger partial charge >= 0.3 is 5.97 Å².